The van der Waals surface area contributed by atoms with Gasteiger partial charge in [0, 0.05) is 7.05 Å². The molecule has 0 radical (unpaired) electrons. The smallest absolute Gasteiger partial charge is 0.275 e. The molecule has 78 valence electrons. The molecule has 1 aromatic rings. The van der Waals surface area contributed by atoms with Crippen LogP contribution >= 0.6 is 11.6 Å². The highest BCUT2D eigenvalue weighted by Crippen LogP contribution is 2.32. The van der Waals surface area contributed by atoms with Gasteiger partial charge in [-0.15, -0.1) is 0 Å². The first-order valence-electron chi connectivity index (χ1n) is 3.24. The normalized spacial score (nSPS) is 11.9. The van der Waals surface area contributed by atoms with Crippen molar-refractivity contribution >= 4 is 16.8 Å². The van der Waals surface area contributed by atoms with Crippen LogP contribution in [0.4, 0.5) is 17.6 Å². The summed E-state index contributed by atoms with van der Waals surface area (Å²) in [6, 6.07) is 0. The molecule has 0 N–H and O–H groups in total. The first-order valence-corrected chi connectivity index (χ1v) is 3.62. The summed E-state index contributed by atoms with van der Waals surface area (Å²) < 4.78 is 49.6. The zero-order chi connectivity index (χ0) is 11.1. The Morgan fingerprint density at radius 1 is 1.50 bits per heavy atom. The molecule has 1 heterocycles. The molecule has 0 fully saturated rings. The zero-order valence-electron chi connectivity index (χ0n) is 6.69. The molecule has 0 aliphatic rings. The molecule has 0 saturated heterocycles. The quantitative estimate of drug-likeness (QED) is 0.546. The lowest BCUT2D eigenvalue weighted by Crippen LogP contribution is -2.10. The highest BCUT2D eigenvalue weighted by molar-refractivity contribution is 6.67. The standard InChI is InChI=1S/C6H3ClF4N2O/c1-13-5(8)2(4(7)14)3(12-13)6(9,10)11/h1H3. The Morgan fingerprint density at radius 2 is 2.00 bits per heavy atom. The molecule has 0 bridgehead atoms. The lowest BCUT2D eigenvalue weighted by molar-refractivity contribution is -0.141. The van der Waals surface area contributed by atoms with E-state index in [0.29, 0.717) is 4.68 Å². The van der Waals surface area contributed by atoms with E-state index in [4.69, 9.17) is 11.6 Å². The highest BCUT2D eigenvalue weighted by Gasteiger charge is 2.41. The predicted octanol–water partition coefficient (Wildman–Crippen LogP) is 1.96. The molecule has 14 heavy (non-hydrogen) atoms. The van der Waals surface area contributed by atoms with Crippen LogP contribution in [0.15, 0.2) is 0 Å². The molecule has 8 heteroatoms. The number of carbonyl (C=O) groups is 1. The number of carbonyl (C=O) groups excluding carboxylic acids is 1. The molecule has 0 aliphatic carbocycles. The Bertz CT molecular complexity index is 384. The van der Waals surface area contributed by atoms with Gasteiger partial charge in [-0.05, 0) is 11.6 Å². The van der Waals surface area contributed by atoms with Crippen LogP contribution in [0, 0.1) is 5.95 Å². The number of aryl methyl sites for hydroxylation is 1. The minimum absolute atomic E-state index is 0.304. The van der Waals surface area contributed by atoms with Crippen molar-refractivity contribution in [3.63, 3.8) is 0 Å². The van der Waals surface area contributed by atoms with Crippen LogP contribution in [0.5, 0.6) is 0 Å². The first-order chi connectivity index (χ1) is 6.25. The van der Waals surface area contributed by atoms with E-state index in [1.165, 1.54) is 0 Å². The molecule has 0 atom stereocenters. The summed E-state index contributed by atoms with van der Waals surface area (Å²) in [7, 11) is 0.938. The highest BCUT2D eigenvalue weighted by atomic mass is 35.5. The van der Waals surface area contributed by atoms with Crippen LogP contribution in [0.3, 0.4) is 0 Å². The molecule has 0 aromatic carbocycles. The summed E-state index contributed by atoms with van der Waals surface area (Å²) in [5, 5.41) is 1.29. The van der Waals surface area contributed by atoms with Gasteiger partial charge in [-0.2, -0.15) is 22.7 Å². The summed E-state index contributed by atoms with van der Waals surface area (Å²) >= 11 is 4.80. The van der Waals surface area contributed by atoms with Gasteiger partial charge in [-0.1, -0.05) is 0 Å². The van der Waals surface area contributed by atoms with E-state index in [2.05, 4.69) is 5.10 Å². The van der Waals surface area contributed by atoms with Crippen molar-refractivity contribution < 1.29 is 22.4 Å². The fourth-order valence-corrected chi connectivity index (χ4v) is 1.04. The minimum Gasteiger partial charge on any atom is -0.275 e. The summed E-state index contributed by atoms with van der Waals surface area (Å²) in [5.41, 5.74) is -2.86. The first kappa shape index (κ1) is 11.0. The Morgan fingerprint density at radius 3 is 2.29 bits per heavy atom. The van der Waals surface area contributed by atoms with Crippen molar-refractivity contribution in [2.24, 2.45) is 7.05 Å². The summed E-state index contributed by atoms with van der Waals surface area (Å²) in [4.78, 5) is 10.5. The Balaban J connectivity index is 3.45. The van der Waals surface area contributed by atoms with E-state index in [1.807, 2.05) is 0 Å². The minimum atomic E-state index is -4.90. The molecule has 0 unspecified atom stereocenters. The fourth-order valence-electron chi connectivity index (χ4n) is 0.876. The summed E-state index contributed by atoms with van der Waals surface area (Å²) in [6.45, 7) is 0. The van der Waals surface area contributed by atoms with Gasteiger partial charge in [0.2, 0.25) is 5.95 Å². The van der Waals surface area contributed by atoms with E-state index < -0.39 is 28.6 Å². The summed E-state index contributed by atoms with van der Waals surface area (Å²) in [5.74, 6) is -1.41. The van der Waals surface area contributed by atoms with Crippen LogP contribution in [0.2, 0.25) is 0 Å². The van der Waals surface area contributed by atoms with Gasteiger partial charge < -0.3 is 0 Å². The molecular formula is C6H3ClF4N2O. The van der Waals surface area contributed by atoms with Crippen LogP contribution in [0.1, 0.15) is 16.1 Å². The SMILES string of the molecule is Cn1nc(C(F)(F)F)c(C(=O)Cl)c1F. The van der Waals surface area contributed by atoms with Crippen molar-refractivity contribution in [2.75, 3.05) is 0 Å². The average Bonchev–Trinajstić information content (AvgIpc) is 2.27. The van der Waals surface area contributed by atoms with Crippen molar-refractivity contribution in [3.8, 4) is 0 Å². The van der Waals surface area contributed by atoms with Crippen LogP contribution < -0.4 is 0 Å². The number of halogens is 5. The maximum Gasteiger partial charge on any atom is 0.436 e. The maximum absolute atomic E-state index is 12.9. The van der Waals surface area contributed by atoms with Gasteiger partial charge in [-0.25, -0.2) is 4.68 Å². The van der Waals surface area contributed by atoms with Gasteiger partial charge in [-0.3, -0.25) is 4.79 Å². The predicted molar refractivity (Wildman–Crippen MR) is 38.4 cm³/mol. The third-order valence-corrected chi connectivity index (χ3v) is 1.63. The topological polar surface area (TPSA) is 34.9 Å². The van der Waals surface area contributed by atoms with Crippen LogP contribution in [0.25, 0.3) is 0 Å². The molecule has 3 nitrogen and oxygen atoms in total. The van der Waals surface area contributed by atoms with Gasteiger partial charge in [0.1, 0.15) is 5.56 Å². The molecule has 1 rings (SSSR count). The maximum atomic E-state index is 12.9. The largest absolute Gasteiger partial charge is 0.436 e. The van der Waals surface area contributed by atoms with E-state index in [-0.39, 0.29) is 0 Å². The van der Waals surface area contributed by atoms with Gasteiger partial charge in [0.15, 0.2) is 5.69 Å². The number of alkyl halides is 3. The second-order valence-corrected chi connectivity index (χ2v) is 2.75. The number of hydrogen-bond donors (Lipinski definition) is 0. The van der Waals surface area contributed by atoms with E-state index in [1.54, 1.807) is 0 Å². The monoisotopic (exact) mass is 230 g/mol. The molecule has 1 aromatic heterocycles. The van der Waals surface area contributed by atoms with E-state index in [0.717, 1.165) is 7.05 Å². The zero-order valence-corrected chi connectivity index (χ0v) is 7.45. The number of rotatable bonds is 1. The van der Waals surface area contributed by atoms with E-state index in [9.17, 15) is 22.4 Å². The lowest BCUT2D eigenvalue weighted by Gasteiger charge is -2.01. The van der Waals surface area contributed by atoms with Gasteiger partial charge >= 0.3 is 6.18 Å². The van der Waals surface area contributed by atoms with Gasteiger partial charge in [0.25, 0.3) is 5.24 Å². The van der Waals surface area contributed by atoms with Gasteiger partial charge in [0.05, 0.1) is 0 Å². The Labute approximate surface area is 80.3 Å². The third-order valence-electron chi connectivity index (χ3n) is 1.44. The van der Waals surface area contributed by atoms with Crippen molar-refractivity contribution in [3.05, 3.63) is 17.2 Å². The van der Waals surface area contributed by atoms with E-state index >= 15 is 0 Å². The summed E-state index contributed by atoms with van der Waals surface area (Å²) in [6.07, 6.45) is -4.90. The number of aromatic nitrogens is 2. The lowest BCUT2D eigenvalue weighted by atomic mass is 10.2. The molecule has 0 aliphatic heterocycles. The Hall–Kier alpha value is -1.11. The second-order valence-electron chi connectivity index (χ2n) is 2.41. The third kappa shape index (κ3) is 1.72. The van der Waals surface area contributed by atoms with Crippen LogP contribution in [-0.2, 0) is 13.2 Å². The molecule has 0 saturated carbocycles. The average molecular weight is 231 g/mol. The Kier molecular flexibility index (Phi) is 2.53. The van der Waals surface area contributed by atoms with Crippen molar-refractivity contribution in [1.29, 1.82) is 0 Å². The molecular weight excluding hydrogens is 228 g/mol. The number of nitrogens with zero attached hydrogens (tertiary/aromatic N) is 2. The number of hydrogen-bond acceptors (Lipinski definition) is 2. The van der Waals surface area contributed by atoms with Crippen LogP contribution in [-0.4, -0.2) is 15.0 Å². The van der Waals surface area contributed by atoms with Crippen molar-refractivity contribution in [1.82, 2.24) is 9.78 Å². The fraction of sp³-hybridized carbons (Fsp3) is 0.333. The second kappa shape index (κ2) is 3.23. The molecule has 0 spiro atoms. The van der Waals surface area contributed by atoms with Crippen molar-refractivity contribution in [2.45, 2.75) is 6.18 Å². The molecule has 0 amide bonds.